The third kappa shape index (κ3) is 5.11. The summed E-state index contributed by atoms with van der Waals surface area (Å²) in [5.74, 6) is 0. The number of hydrogen-bond acceptors (Lipinski definition) is 0. The van der Waals surface area contributed by atoms with Gasteiger partial charge in [0.25, 0.3) is 0 Å². The molecule has 0 unspecified atom stereocenters. The Morgan fingerprint density at radius 3 is 1.05 bits per heavy atom. The molecule has 0 atom stereocenters. The number of benzene rings is 10. The van der Waals surface area contributed by atoms with Crippen molar-refractivity contribution in [3.63, 3.8) is 0 Å². The number of rotatable bonds is 4. The van der Waals surface area contributed by atoms with Gasteiger partial charge in [-0.3, -0.25) is 0 Å². The fourth-order valence-electron chi connectivity index (χ4n) is 12.1. The molecular weight excluding hydrogens is 769 g/mol. The van der Waals surface area contributed by atoms with Gasteiger partial charge in [-0.25, -0.2) is 0 Å². The van der Waals surface area contributed by atoms with Crippen LogP contribution in [0.3, 0.4) is 0 Å². The maximum Gasteiger partial charge on any atom is 0.0159 e. The van der Waals surface area contributed by atoms with E-state index in [2.05, 4.69) is 224 Å². The van der Waals surface area contributed by atoms with Gasteiger partial charge >= 0.3 is 0 Å². The molecule has 0 aromatic heterocycles. The van der Waals surface area contributed by atoms with E-state index < -0.39 is 0 Å². The smallest absolute Gasteiger partial charge is 0.0159 e. The fraction of sp³-hybridized carbons (Fsp3) is 0.125. The van der Waals surface area contributed by atoms with Crippen LogP contribution in [0.4, 0.5) is 0 Å². The lowest BCUT2D eigenvalue weighted by Crippen LogP contribution is -2.15. The summed E-state index contributed by atoms with van der Waals surface area (Å²) in [6, 6.07) is 69.7. The second-order valence-electron chi connectivity index (χ2n) is 19.8. The molecule has 10 aromatic carbocycles. The van der Waals surface area contributed by atoms with Gasteiger partial charge in [-0.05, 0) is 171 Å². The zero-order chi connectivity index (χ0) is 43.2. The summed E-state index contributed by atoms with van der Waals surface area (Å²) in [6.07, 6.45) is 0. The highest BCUT2D eigenvalue weighted by atomic mass is 14.4. The first-order chi connectivity index (χ1) is 31.1. The monoisotopic (exact) mass is 816 g/mol. The molecule has 3 aliphatic carbocycles. The predicted octanol–water partition coefficient (Wildman–Crippen LogP) is 17.5. The van der Waals surface area contributed by atoms with E-state index >= 15 is 0 Å². The molecule has 0 heteroatoms. The normalized spacial score (nSPS) is 14.3. The third-order valence-corrected chi connectivity index (χ3v) is 15.3. The molecule has 64 heavy (non-hydrogen) atoms. The third-order valence-electron chi connectivity index (χ3n) is 15.3. The summed E-state index contributed by atoms with van der Waals surface area (Å²) < 4.78 is 0. The Balaban J connectivity index is 1.02. The van der Waals surface area contributed by atoms with Gasteiger partial charge in [0.2, 0.25) is 0 Å². The highest BCUT2D eigenvalue weighted by Gasteiger charge is 2.39. The Kier molecular flexibility index (Phi) is 7.65. The Labute approximate surface area is 376 Å². The minimum absolute atomic E-state index is 0.169. The van der Waals surface area contributed by atoms with E-state index in [4.69, 9.17) is 0 Å². The lowest BCUT2D eigenvalue weighted by atomic mass is 9.78. The van der Waals surface area contributed by atoms with Crippen molar-refractivity contribution in [1.29, 1.82) is 0 Å². The molecule has 0 spiro atoms. The summed E-state index contributed by atoms with van der Waals surface area (Å²) >= 11 is 0. The van der Waals surface area contributed by atoms with Crippen molar-refractivity contribution >= 4 is 21.5 Å². The van der Waals surface area contributed by atoms with E-state index in [1.807, 2.05) is 0 Å². The molecule has 0 heterocycles. The Hall–Kier alpha value is -7.28. The largest absolute Gasteiger partial charge is 0.0616 e. The van der Waals surface area contributed by atoms with Crippen LogP contribution < -0.4 is 0 Å². The van der Waals surface area contributed by atoms with Crippen LogP contribution in [-0.2, 0) is 10.8 Å². The summed E-state index contributed by atoms with van der Waals surface area (Å²) in [7, 11) is 0. The number of hydrogen-bond donors (Lipinski definition) is 0. The zero-order valence-corrected chi connectivity index (χ0v) is 37.3. The van der Waals surface area contributed by atoms with Crippen LogP contribution in [0.5, 0.6) is 0 Å². The average molecular weight is 817 g/mol. The highest BCUT2D eigenvalue weighted by molar-refractivity contribution is 6.27. The van der Waals surface area contributed by atoms with Gasteiger partial charge in [0.05, 0.1) is 0 Å². The predicted molar refractivity (Wildman–Crippen MR) is 272 cm³/mol. The molecule has 0 aliphatic heterocycles. The zero-order valence-electron chi connectivity index (χ0n) is 37.3. The standard InChI is InChI=1S/C64H48/c1-37-13-9-17-40(31-37)42-23-27-46-48-29-25-44(35-56(48)63(3,4)54(46)33-42)59-50-19-7-8-20-51(50)60(62-53-22-12-16-39-15-11-21-52(58(39)53)61(59)62)45-26-30-49-47-28-24-43(41-18-10-14-38(2)32-41)34-55(47)64(5,6)57(49)36-45/h7-36H,1-6H3. The van der Waals surface area contributed by atoms with E-state index in [1.165, 1.54) is 144 Å². The molecule has 0 saturated heterocycles. The van der Waals surface area contributed by atoms with E-state index in [0.717, 1.165) is 0 Å². The minimum atomic E-state index is -0.169. The van der Waals surface area contributed by atoms with Gasteiger partial charge < -0.3 is 0 Å². The van der Waals surface area contributed by atoms with Gasteiger partial charge in [0, 0.05) is 10.8 Å². The first kappa shape index (κ1) is 37.3. The summed E-state index contributed by atoms with van der Waals surface area (Å²) in [5.41, 5.74) is 28.8. The minimum Gasteiger partial charge on any atom is -0.0616 e. The van der Waals surface area contributed by atoms with Gasteiger partial charge in [0.15, 0.2) is 0 Å². The Bertz CT molecular complexity index is 3440. The molecule has 0 fully saturated rings. The Morgan fingerprint density at radius 2 is 0.641 bits per heavy atom. The van der Waals surface area contributed by atoms with Crippen molar-refractivity contribution < 1.29 is 0 Å². The van der Waals surface area contributed by atoms with E-state index in [9.17, 15) is 0 Å². The molecule has 0 N–H and O–H groups in total. The van der Waals surface area contributed by atoms with Crippen molar-refractivity contribution in [3.8, 4) is 89.0 Å². The van der Waals surface area contributed by atoms with Crippen LogP contribution in [0.15, 0.2) is 182 Å². The highest BCUT2D eigenvalue weighted by Crippen LogP contribution is 2.60. The van der Waals surface area contributed by atoms with Crippen LogP contribution in [0.2, 0.25) is 0 Å². The maximum absolute atomic E-state index is 2.53. The summed E-state index contributed by atoms with van der Waals surface area (Å²) in [4.78, 5) is 0. The average Bonchev–Trinajstić information content (AvgIpc) is 3.85. The topological polar surface area (TPSA) is 0 Å². The molecule has 13 rings (SSSR count). The van der Waals surface area contributed by atoms with E-state index in [1.54, 1.807) is 0 Å². The lowest BCUT2D eigenvalue weighted by molar-refractivity contribution is 0.660. The molecule has 0 saturated carbocycles. The van der Waals surface area contributed by atoms with Crippen molar-refractivity contribution in [2.24, 2.45) is 0 Å². The van der Waals surface area contributed by atoms with Crippen LogP contribution in [0, 0.1) is 13.8 Å². The van der Waals surface area contributed by atoms with Crippen LogP contribution in [-0.4, -0.2) is 0 Å². The maximum atomic E-state index is 2.53. The number of fused-ring (bicyclic) bond motifs is 10. The number of aryl methyl sites for hydroxylation is 2. The molecule has 0 nitrogen and oxygen atoms in total. The van der Waals surface area contributed by atoms with E-state index in [-0.39, 0.29) is 10.8 Å². The van der Waals surface area contributed by atoms with Crippen molar-refractivity contribution in [1.82, 2.24) is 0 Å². The second kappa shape index (κ2) is 13.1. The van der Waals surface area contributed by atoms with Gasteiger partial charge in [-0.15, -0.1) is 0 Å². The van der Waals surface area contributed by atoms with Gasteiger partial charge in [0.1, 0.15) is 0 Å². The molecule has 0 radical (unpaired) electrons. The molecule has 10 aromatic rings. The van der Waals surface area contributed by atoms with Crippen molar-refractivity contribution in [3.05, 3.63) is 215 Å². The van der Waals surface area contributed by atoms with Crippen LogP contribution in [0.1, 0.15) is 61.1 Å². The molecule has 0 amide bonds. The van der Waals surface area contributed by atoms with Crippen molar-refractivity contribution in [2.75, 3.05) is 0 Å². The quantitative estimate of drug-likeness (QED) is 0.166. The van der Waals surface area contributed by atoms with Crippen LogP contribution >= 0.6 is 0 Å². The fourth-order valence-corrected chi connectivity index (χ4v) is 12.1. The molecule has 304 valence electrons. The van der Waals surface area contributed by atoms with Gasteiger partial charge in [-0.2, -0.15) is 0 Å². The lowest BCUT2D eigenvalue weighted by Gasteiger charge is -2.25. The first-order valence-electron chi connectivity index (χ1n) is 22.9. The molecular formula is C64H48. The second-order valence-corrected chi connectivity index (χ2v) is 19.8. The SMILES string of the molecule is Cc1cccc(-c2ccc3c(c2)C(C)(C)c2cc(-c4c5c(c(-c6ccc7c(c6)C(C)(C)c6cc(-c8cccc(C)c8)ccc6-7)c6ccccc46)-c4cccc6cccc-5c46)ccc2-3)c1. The van der Waals surface area contributed by atoms with Crippen molar-refractivity contribution in [2.45, 2.75) is 52.4 Å². The van der Waals surface area contributed by atoms with E-state index in [0.29, 0.717) is 0 Å². The van der Waals surface area contributed by atoms with Crippen LogP contribution in [0.25, 0.3) is 111 Å². The molecule has 3 aliphatic rings. The first-order valence-corrected chi connectivity index (χ1v) is 22.9. The molecule has 0 bridgehead atoms. The summed E-state index contributed by atoms with van der Waals surface area (Å²) in [6.45, 7) is 14.0. The summed E-state index contributed by atoms with van der Waals surface area (Å²) in [5, 5.41) is 5.23. The van der Waals surface area contributed by atoms with Gasteiger partial charge in [-0.1, -0.05) is 197 Å². The Morgan fingerprint density at radius 1 is 0.281 bits per heavy atom.